The number of amides is 1. The molecule has 0 aliphatic heterocycles. The molecular weight excluding hydrogens is 178 g/mol. The highest BCUT2D eigenvalue weighted by Crippen LogP contribution is 2.12. The van der Waals surface area contributed by atoms with E-state index in [1.54, 1.807) is 0 Å². The lowest BCUT2D eigenvalue weighted by atomic mass is 10.1. The molecule has 0 unspecified atom stereocenters. The minimum atomic E-state index is -0.585. The number of carbonyl (C=O) groups excluding carboxylic acids is 2. The molecule has 0 saturated carbocycles. The van der Waals surface area contributed by atoms with E-state index in [0.29, 0.717) is 0 Å². The summed E-state index contributed by atoms with van der Waals surface area (Å²) in [5.74, 6) is -0.585. The highest BCUT2D eigenvalue weighted by atomic mass is 16.2. The van der Waals surface area contributed by atoms with Crippen LogP contribution in [0, 0.1) is 6.92 Å². The van der Waals surface area contributed by atoms with Crippen molar-refractivity contribution in [2.45, 2.75) is 19.9 Å². The van der Waals surface area contributed by atoms with Crippen LogP contribution < -0.4 is 5.32 Å². The van der Waals surface area contributed by atoms with Gasteiger partial charge in [-0.3, -0.25) is 9.59 Å². The van der Waals surface area contributed by atoms with E-state index in [1.165, 1.54) is 5.56 Å². The molecule has 14 heavy (non-hydrogen) atoms. The fourth-order valence-electron chi connectivity index (χ4n) is 1.19. The zero-order valence-electron chi connectivity index (χ0n) is 8.28. The molecular formula is C11H13NO2. The third-order valence-electron chi connectivity index (χ3n) is 2.04. The van der Waals surface area contributed by atoms with Crippen LogP contribution in [0.5, 0.6) is 0 Å². The predicted octanol–water partition coefficient (Wildman–Crippen LogP) is 1.37. The van der Waals surface area contributed by atoms with Crippen molar-refractivity contribution in [3.8, 4) is 0 Å². The van der Waals surface area contributed by atoms with Gasteiger partial charge in [-0.15, -0.1) is 0 Å². The van der Waals surface area contributed by atoms with Gasteiger partial charge in [-0.05, 0) is 19.4 Å². The van der Waals surface area contributed by atoms with E-state index in [0.717, 1.165) is 5.56 Å². The van der Waals surface area contributed by atoms with Crippen LogP contribution in [0.1, 0.15) is 24.1 Å². The maximum atomic E-state index is 10.8. The number of nitrogens with one attached hydrogen (secondary N) is 1. The number of hydrogen-bond donors (Lipinski definition) is 1. The van der Waals surface area contributed by atoms with Crippen LogP contribution in [0.15, 0.2) is 24.3 Å². The fraction of sp³-hybridized carbons (Fsp3) is 0.273. The second-order valence-electron chi connectivity index (χ2n) is 3.26. The molecule has 0 aliphatic rings. The van der Waals surface area contributed by atoms with E-state index in [4.69, 9.17) is 0 Å². The molecule has 0 aliphatic carbocycles. The second kappa shape index (κ2) is 4.56. The second-order valence-corrected chi connectivity index (χ2v) is 3.26. The lowest BCUT2D eigenvalue weighted by Gasteiger charge is -2.12. The molecule has 0 aromatic heterocycles. The molecule has 3 heteroatoms. The van der Waals surface area contributed by atoms with Crippen molar-refractivity contribution in [2.24, 2.45) is 0 Å². The topological polar surface area (TPSA) is 46.2 Å². The van der Waals surface area contributed by atoms with Gasteiger partial charge in [-0.2, -0.15) is 0 Å². The van der Waals surface area contributed by atoms with Crippen LogP contribution in [-0.4, -0.2) is 12.2 Å². The third-order valence-corrected chi connectivity index (χ3v) is 2.04. The molecule has 1 aromatic rings. The Morgan fingerprint density at radius 2 is 1.93 bits per heavy atom. The van der Waals surface area contributed by atoms with E-state index in [-0.39, 0.29) is 12.3 Å². The van der Waals surface area contributed by atoms with Crippen molar-refractivity contribution in [3.63, 3.8) is 0 Å². The van der Waals surface area contributed by atoms with Gasteiger partial charge in [-0.25, -0.2) is 0 Å². The molecule has 1 aromatic carbocycles. The van der Waals surface area contributed by atoms with Crippen molar-refractivity contribution in [3.05, 3.63) is 35.4 Å². The maximum absolute atomic E-state index is 10.8. The van der Waals surface area contributed by atoms with Crippen molar-refractivity contribution in [2.75, 3.05) is 0 Å². The Kier molecular flexibility index (Phi) is 3.40. The normalized spacial score (nSPS) is 11.9. The molecule has 0 heterocycles. The number of rotatable bonds is 3. The van der Waals surface area contributed by atoms with Gasteiger partial charge in [0.25, 0.3) is 5.91 Å². The Balaban J connectivity index is 2.69. The summed E-state index contributed by atoms with van der Waals surface area (Å²) in [7, 11) is 0. The van der Waals surface area contributed by atoms with Gasteiger partial charge >= 0.3 is 0 Å². The van der Waals surface area contributed by atoms with Gasteiger partial charge in [-0.1, -0.05) is 29.8 Å². The molecule has 0 radical (unpaired) electrons. The summed E-state index contributed by atoms with van der Waals surface area (Å²) in [5, 5.41) is 2.56. The van der Waals surface area contributed by atoms with Gasteiger partial charge in [0.2, 0.25) is 6.29 Å². The summed E-state index contributed by atoms with van der Waals surface area (Å²) in [6.45, 7) is 3.84. The lowest BCUT2D eigenvalue weighted by molar-refractivity contribution is -0.131. The Morgan fingerprint density at radius 1 is 1.36 bits per heavy atom. The summed E-state index contributed by atoms with van der Waals surface area (Å²) < 4.78 is 0. The summed E-state index contributed by atoms with van der Waals surface area (Å²) in [6, 6.07) is 7.68. The number of benzene rings is 1. The molecule has 0 spiro atoms. The van der Waals surface area contributed by atoms with Crippen molar-refractivity contribution in [1.29, 1.82) is 0 Å². The van der Waals surface area contributed by atoms with Crippen LogP contribution >= 0.6 is 0 Å². The zero-order valence-corrected chi connectivity index (χ0v) is 8.28. The van der Waals surface area contributed by atoms with Gasteiger partial charge in [0.1, 0.15) is 0 Å². The Labute approximate surface area is 83.1 Å². The van der Waals surface area contributed by atoms with Gasteiger partial charge in [0, 0.05) is 0 Å². The molecule has 1 rings (SSSR count). The largest absolute Gasteiger partial charge is 0.343 e. The van der Waals surface area contributed by atoms with Crippen molar-refractivity contribution >= 4 is 12.2 Å². The van der Waals surface area contributed by atoms with E-state index < -0.39 is 5.91 Å². The first-order valence-corrected chi connectivity index (χ1v) is 4.45. The zero-order chi connectivity index (χ0) is 10.6. The first-order valence-electron chi connectivity index (χ1n) is 4.45. The average molecular weight is 191 g/mol. The van der Waals surface area contributed by atoms with E-state index in [9.17, 15) is 9.59 Å². The fourth-order valence-corrected chi connectivity index (χ4v) is 1.19. The smallest absolute Gasteiger partial charge is 0.284 e. The minimum absolute atomic E-state index is 0.131. The molecule has 74 valence electrons. The Bertz CT molecular complexity index is 330. The quantitative estimate of drug-likeness (QED) is 0.579. The SMILES string of the molecule is Cc1ccc([C@H](C)NC(=O)C=O)cc1. The number of hydrogen-bond acceptors (Lipinski definition) is 2. The number of carbonyl (C=O) groups is 2. The number of aryl methyl sites for hydroxylation is 1. The number of aldehydes is 1. The summed E-state index contributed by atoms with van der Waals surface area (Å²) in [4.78, 5) is 20.9. The van der Waals surface area contributed by atoms with Gasteiger partial charge < -0.3 is 5.32 Å². The molecule has 1 N–H and O–H groups in total. The minimum Gasteiger partial charge on any atom is -0.343 e. The first-order chi connectivity index (χ1) is 6.63. The van der Waals surface area contributed by atoms with Crippen LogP contribution in [0.3, 0.4) is 0 Å². The molecule has 1 atom stereocenters. The van der Waals surface area contributed by atoms with Crippen LogP contribution in [-0.2, 0) is 9.59 Å². The molecule has 0 fully saturated rings. The lowest BCUT2D eigenvalue weighted by Crippen LogP contribution is -2.27. The molecule has 0 bridgehead atoms. The van der Waals surface area contributed by atoms with E-state index in [2.05, 4.69) is 5.32 Å². The maximum Gasteiger partial charge on any atom is 0.284 e. The molecule has 0 saturated heterocycles. The summed E-state index contributed by atoms with van der Waals surface area (Å²) in [5.41, 5.74) is 2.16. The Hall–Kier alpha value is -1.64. The van der Waals surface area contributed by atoms with Crippen LogP contribution in [0.2, 0.25) is 0 Å². The van der Waals surface area contributed by atoms with Crippen molar-refractivity contribution < 1.29 is 9.59 Å². The third kappa shape index (κ3) is 2.69. The molecule has 3 nitrogen and oxygen atoms in total. The predicted molar refractivity (Wildman–Crippen MR) is 53.8 cm³/mol. The van der Waals surface area contributed by atoms with Crippen LogP contribution in [0.4, 0.5) is 0 Å². The van der Waals surface area contributed by atoms with Gasteiger partial charge in [0.05, 0.1) is 6.04 Å². The van der Waals surface area contributed by atoms with Crippen molar-refractivity contribution in [1.82, 2.24) is 5.32 Å². The monoisotopic (exact) mass is 191 g/mol. The summed E-state index contributed by atoms with van der Waals surface area (Å²) in [6.07, 6.45) is 0.282. The average Bonchev–Trinajstić information content (AvgIpc) is 2.18. The first kappa shape index (κ1) is 10.4. The Morgan fingerprint density at radius 3 is 2.43 bits per heavy atom. The highest BCUT2D eigenvalue weighted by molar-refractivity contribution is 6.23. The highest BCUT2D eigenvalue weighted by Gasteiger charge is 2.07. The van der Waals surface area contributed by atoms with E-state index in [1.807, 2.05) is 38.1 Å². The standard InChI is InChI=1S/C11H13NO2/c1-8-3-5-10(6-4-8)9(2)12-11(14)7-13/h3-7,9H,1-2H3,(H,12,14)/t9-/m0/s1. The van der Waals surface area contributed by atoms with Crippen LogP contribution in [0.25, 0.3) is 0 Å². The van der Waals surface area contributed by atoms with Gasteiger partial charge in [0.15, 0.2) is 0 Å². The molecule has 1 amide bonds. The van der Waals surface area contributed by atoms with E-state index >= 15 is 0 Å². The summed E-state index contributed by atoms with van der Waals surface area (Å²) >= 11 is 0.